The van der Waals surface area contributed by atoms with Crippen LogP contribution >= 0.6 is 12.2 Å². The van der Waals surface area contributed by atoms with E-state index in [1.165, 1.54) is 7.11 Å². The maximum absolute atomic E-state index is 12.6. The molecule has 0 spiro atoms. The van der Waals surface area contributed by atoms with Crippen LogP contribution in [-0.4, -0.2) is 18.1 Å². The van der Waals surface area contributed by atoms with E-state index < -0.39 is 5.63 Å². The molecule has 6 nitrogen and oxygen atoms in total. The molecule has 1 amide bonds. The third-order valence-corrected chi connectivity index (χ3v) is 5.45. The van der Waals surface area contributed by atoms with Gasteiger partial charge in [-0.3, -0.25) is 10.1 Å². The Morgan fingerprint density at radius 2 is 1.76 bits per heavy atom. The minimum atomic E-state index is -0.454. The molecule has 0 aliphatic heterocycles. The van der Waals surface area contributed by atoms with Crippen molar-refractivity contribution in [3.05, 3.63) is 94.3 Å². The van der Waals surface area contributed by atoms with Crippen LogP contribution in [0.1, 0.15) is 22.8 Å². The number of hydrogen-bond acceptors (Lipinski definition) is 5. The minimum Gasteiger partial charge on any atom is -0.496 e. The van der Waals surface area contributed by atoms with Crippen LogP contribution in [0.5, 0.6) is 5.75 Å². The Morgan fingerprint density at radius 1 is 1.00 bits per heavy atom. The van der Waals surface area contributed by atoms with Crippen molar-refractivity contribution in [3.8, 4) is 16.9 Å². The lowest BCUT2D eigenvalue weighted by Crippen LogP contribution is -2.34. The number of carbonyl (C=O) groups is 1. The van der Waals surface area contributed by atoms with Crippen LogP contribution in [0.25, 0.3) is 22.1 Å². The van der Waals surface area contributed by atoms with E-state index in [4.69, 9.17) is 21.4 Å². The van der Waals surface area contributed by atoms with Crippen LogP contribution in [0.3, 0.4) is 0 Å². The predicted octanol–water partition coefficient (Wildman–Crippen LogP) is 5.16. The number of amides is 1. The fourth-order valence-corrected chi connectivity index (χ4v) is 3.68. The van der Waals surface area contributed by atoms with Crippen molar-refractivity contribution in [2.75, 3.05) is 12.4 Å². The van der Waals surface area contributed by atoms with E-state index in [0.29, 0.717) is 33.7 Å². The summed E-state index contributed by atoms with van der Waals surface area (Å²) in [6.07, 6.45) is 0.904. The van der Waals surface area contributed by atoms with E-state index in [0.717, 1.165) is 17.4 Å². The van der Waals surface area contributed by atoms with Gasteiger partial charge in [-0.2, -0.15) is 0 Å². The molecule has 0 aliphatic carbocycles. The van der Waals surface area contributed by atoms with Crippen molar-refractivity contribution in [1.29, 1.82) is 0 Å². The first-order valence-corrected chi connectivity index (χ1v) is 10.8. The SMILES string of the molecule is CCc1ccc(C(=O)NC(=S)Nc2ccc(-c3cc4ccccc4oc3=O)c(OC)c2)cc1. The summed E-state index contributed by atoms with van der Waals surface area (Å²) in [7, 11) is 1.52. The number of benzene rings is 3. The summed E-state index contributed by atoms with van der Waals surface area (Å²) in [5.41, 5.74) is 3.33. The number of anilines is 1. The van der Waals surface area contributed by atoms with Crippen LogP contribution < -0.4 is 21.0 Å². The fraction of sp³-hybridized carbons (Fsp3) is 0.115. The normalized spacial score (nSPS) is 10.6. The number of fused-ring (bicyclic) bond motifs is 1. The molecule has 4 rings (SSSR count). The third kappa shape index (κ3) is 4.94. The predicted molar refractivity (Wildman–Crippen MR) is 134 cm³/mol. The van der Waals surface area contributed by atoms with Gasteiger partial charge >= 0.3 is 5.63 Å². The maximum atomic E-state index is 12.6. The summed E-state index contributed by atoms with van der Waals surface area (Å²) in [5.74, 6) is 0.166. The zero-order valence-electron chi connectivity index (χ0n) is 18.2. The molecule has 33 heavy (non-hydrogen) atoms. The second kappa shape index (κ2) is 9.67. The number of rotatable bonds is 5. The molecule has 0 saturated heterocycles. The van der Waals surface area contributed by atoms with Gasteiger partial charge in [-0.15, -0.1) is 0 Å². The van der Waals surface area contributed by atoms with Gasteiger partial charge in [-0.1, -0.05) is 37.3 Å². The molecule has 0 atom stereocenters. The van der Waals surface area contributed by atoms with Crippen LogP contribution in [0.4, 0.5) is 5.69 Å². The number of thiocarbonyl (C=S) groups is 1. The van der Waals surface area contributed by atoms with Gasteiger partial charge in [0.05, 0.1) is 12.7 Å². The summed E-state index contributed by atoms with van der Waals surface area (Å²) in [6, 6.07) is 21.7. The highest BCUT2D eigenvalue weighted by Gasteiger charge is 2.14. The second-order valence-corrected chi connectivity index (χ2v) is 7.77. The Hall–Kier alpha value is -3.97. The number of nitrogens with one attached hydrogen (secondary N) is 2. The van der Waals surface area contributed by atoms with Crippen LogP contribution in [0, 0.1) is 0 Å². The Balaban J connectivity index is 1.53. The van der Waals surface area contributed by atoms with E-state index in [-0.39, 0.29) is 11.0 Å². The molecule has 0 bridgehead atoms. The molecule has 4 aromatic rings. The van der Waals surface area contributed by atoms with E-state index in [9.17, 15) is 9.59 Å². The van der Waals surface area contributed by atoms with E-state index in [2.05, 4.69) is 17.6 Å². The third-order valence-electron chi connectivity index (χ3n) is 5.24. The molecule has 1 aromatic heterocycles. The summed E-state index contributed by atoms with van der Waals surface area (Å²) in [6.45, 7) is 2.06. The lowest BCUT2D eigenvalue weighted by molar-refractivity contribution is 0.0977. The lowest BCUT2D eigenvalue weighted by atomic mass is 10.0. The van der Waals surface area contributed by atoms with Crippen molar-refractivity contribution in [1.82, 2.24) is 5.32 Å². The van der Waals surface area contributed by atoms with Crippen LogP contribution in [0.15, 0.2) is 82.0 Å². The van der Waals surface area contributed by atoms with E-state index in [1.807, 2.05) is 30.3 Å². The van der Waals surface area contributed by atoms with Gasteiger partial charge in [0, 0.05) is 28.3 Å². The lowest BCUT2D eigenvalue weighted by Gasteiger charge is -2.13. The first-order valence-electron chi connectivity index (χ1n) is 10.4. The molecule has 1 heterocycles. The van der Waals surface area contributed by atoms with Gasteiger partial charge in [-0.25, -0.2) is 4.79 Å². The molecule has 2 N–H and O–H groups in total. The number of hydrogen-bond donors (Lipinski definition) is 2. The van der Waals surface area contributed by atoms with Gasteiger partial charge in [0.2, 0.25) is 0 Å². The van der Waals surface area contributed by atoms with Gasteiger partial charge in [0.25, 0.3) is 5.91 Å². The fourth-order valence-electron chi connectivity index (χ4n) is 3.47. The monoisotopic (exact) mass is 458 g/mol. The van der Waals surface area contributed by atoms with Crippen LogP contribution in [-0.2, 0) is 6.42 Å². The highest BCUT2D eigenvalue weighted by molar-refractivity contribution is 7.80. The van der Waals surface area contributed by atoms with Crippen molar-refractivity contribution in [3.63, 3.8) is 0 Å². The summed E-state index contributed by atoms with van der Waals surface area (Å²) in [4.78, 5) is 25.0. The topological polar surface area (TPSA) is 80.6 Å². The highest BCUT2D eigenvalue weighted by Crippen LogP contribution is 2.32. The van der Waals surface area contributed by atoms with Crippen molar-refractivity contribution in [2.45, 2.75) is 13.3 Å². The standard InChI is InChI=1S/C26H22N2O4S/c1-3-16-8-10-17(11-9-16)24(29)28-26(33)27-19-12-13-20(23(15-19)31-2)21-14-18-6-4-5-7-22(18)32-25(21)30/h4-15H,3H2,1-2H3,(H2,27,28,29,33). The van der Waals surface area contributed by atoms with Gasteiger partial charge in [0.1, 0.15) is 11.3 Å². The number of aryl methyl sites for hydroxylation is 1. The number of ether oxygens (including phenoxy) is 1. The second-order valence-electron chi connectivity index (χ2n) is 7.36. The molecule has 0 fully saturated rings. The number of carbonyl (C=O) groups excluding carboxylic acids is 1. The van der Waals surface area contributed by atoms with Crippen molar-refractivity contribution >= 4 is 39.9 Å². The quantitative estimate of drug-likeness (QED) is 0.318. The van der Waals surface area contributed by atoms with Crippen molar-refractivity contribution < 1.29 is 13.9 Å². The largest absolute Gasteiger partial charge is 0.496 e. The van der Waals surface area contributed by atoms with Crippen LogP contribution in [0.2, 0.25) is 0 Å². The van der Waals surface area contributed by atoms with Gasteiger partial charge < -0.3 is 14.5 Å². The molecule has 0 radical (unpaired) electrons. The summed E-state index contributed by atoms with van der Waals surface area (Å²) >= 11 is 5.29. The minimum absolute atomic E-state index is 0.152. The zero-order valence-corrected chi connectivity index (χ0v) is 19.0. The van der Waals surface area contributed by atoms with Gasteiger partial charge in [-0.05, 0) is 60.6 Å². The van der Waals surface area contributed by atoms with E-state index in [1.54, 1.807) is 42.5 Å². The Bertz CT molecular complexity index is 1390. The molecule has 3 aromatic carbocycles. The average Bonchev–Trinajstić information content (AvgIpc) is 2.83. The Kier molecular flexibility index (Phi) is 6.51. The van der Waals surface area contributed by atoms with E-state index >= 15 is 0 Å². The first-order chi connectivity index (χ1) is 16.0. The summed E-state index contributed by atoms with van der Waals surface area (Å²) in [5, 5.41) is 6.62. The van der Waals surface area contributed by atoms with Crippen molar-refractivity contribution in [2.24, 2.45) is 0 Å². The molecule has 166 valence electrons. The Morgan fingerprint density at radius 3 is 2.48 bits per heavy atom. The van der Waals surface area contributed by atoms with Gasteiger partial charge in [0.15, 0.2) is 5.11 Å². The molecule has 0 aliphatic rings. The molecule has 0 unspecified atom stereocenters. The Labute approximate surface area is 196 Å². The number of methoxy groups -OCH3 is 1. The highest BCUT2D eigenvalue weighted by atomic mass is 32.1. The molecular weight excluding hydrogens is 436 g/mol. The maximum Gasteiger partial charge on any atom is 0.344 e. The number of para-hydroxylation sites is 1. The average molecular weight is 459 g/mol. The smallest absolute Gasteiger partial charge is 0.344 e. The molecule has 0 saturated carbocycles. The molecular formula is C26H22N2O4S. The first kappa shape index (κ1) is 22.2. The summed E-state index contributed by atoms with van der Waals surface area (Å²) < 4.78 is 11.0. The molecule has 7 heteroatoms. The zero-order chi connectivity index (χ0) is 23.4.